The van der Waals surface area contributed by atoms with Crippen LogP contribution in [-0.2, 0) is 4.74 Å². The lowest BCUT2D eigenvalue weighted by molar-refractivity contribution is 0.0221. The first-order valence-corrected chi connectivity index (χ1v) is 5.52. The SMILES string of the molecule is NCC1CCC(COc2cccc(F)c2)O1. The van der Waals surface area contributed by atoms with E-state index in [0.29, 0.717) is 18.9 Å². The van der Waals surface area contributed by atoms with Crippen LogP contribution >= 0.6 is 0 Å². The van der Waals surface area contributed by atoms with E-state index in [0.717, 1.165) is 12.8 Å². The molecule has 0 saturated carbocycles. The second-order valence-corrected chi connectivity index (χ2v) is 3.96. The van der Waals surface area contributed by atoms with E-state index in [1.807, 2.05) is 0 Å². The number of nitrogens with two attached hydrogens (primary N) is 1. The summed E-state index contributed by atoms with van der Waals surface area (Å²) >= 11 is 0. The molecular formula is C12H16FNO2. The van der Waals surface area contributed by atoms with Crippen molar-refractivity contribution in [2.45, 2.75) is 25.0 Å². The van der Waals surface area contributed by atoms with Crippen LogP contribution in [0, 0.1) is 5.82 Å². The van der Waals surface area contributed by atoms with Gasteiger partial charge in [0.1, 0.15) is 18.2 Å². The molecule has 1 fully saturated rings. The van der Waals surface area contributed by atoms with E-state index in [4.69, 9.17) is 15.2 Å². The number of halogens is 1. The van der Waals surface area contributed by atoms with Crippen molar-refractivity contribution in [1.82, 2.24) is 0 Å². The summed E-state index contributed by atoms with van der Waals surface area (Å²) in [5, 5.41) is 0. The maximum Gasteiger partial charge on any atom is 0.126 e. The summed E-state index contributed by atoms with van der Waals surface area (Å²) < 4.78 is 23.9. The highest BCUT2D eigenvalue weighted by molar-refractivity contribution is 5.22. The number of ether oxygens (including phenoxy) is 2. The topological polar surface area (TPSA) is 44.5 Å². The summed E-state index contributed by atoms with van der Waals surface area (Å²) in [6.45, 7) is 1.01. The van der Waals surface area contributed by atoms with Gasteiger partial charge in [-0.05, 0) is 25.0 Å². The maximum atomic E-state index is 12.9. The van der Waals surface area contributed by atoms with Crippen molar-refractivity contribution in [3.05, 3.63) is 30.1 Å². The van der Waals surface area contributed by atoms with Crippen molar-refractivity contribution in [2.24, 2.45) is 5.73 Å². The Bertz CT molecular complexity index is 346. The number of benzene rings is 1. The first kappa shape index (κ1) is 11.4. The molecule has 0 radical (unpaired) electrons. The fourth-order valence-electron chi connectivity index (χ4n) is 1.82. The lowest BCUT2D eigenvalue weighted by Gasteiger charge is -2.13. The lowest BCUT2D eigenvalue weighted by atomic mass is 10.2. The van der Waals surface area contributed by atoms with Crippen LogP contribution in [0.3, 0.4) is 0 Å². The van der Waals surface area contributed by atoms with Gasteiger partial charge in [0.2, 0.25) is 0 Å². The lowest BCUT2D eigenvalue weighted by Crippen LogP contribution is -2.23. The quantitative estimate of drug-likeness (QED) is 0.848. The fraction of sp³-hybridized carbons (Fsp3) is 0.500. The first-order valence-electron chi connectivity index (χ1n) is 5.52. The maximum absolute atomic E-state index is 12.9. The minimum absolute atomic E-state index is 0.0804. The van der Waals surface area contributed by atoms with Gasteiger partial charge in [0, 0.05) is 12.6 Å². The highest BCUT2D eigenvalue weighted by atomic mass is 19.1. The third kappa shape index (κ3) is 2.93. The average Bonchev–Trinajstić information content (AvgIpc) is 2.74. The van der Waals surface area contributed by atoms with Crippen molar-refractivity contribution < 1.29 is 13.9 Å². The van der Waals surface area contributed by atoms with Gasteiger partial charge in [-0.15, -0.1) is 0 Å². The number of hydrogen-bond donors (Lipinski definition) is 1. The van der Waals surface area contributed by atoms with Crippen LogP contribution in [0.4, 0.5) is 4.39 Å². The van der Waals surface area contributed by atoms with Gasteiger partial charge in [0.15, 0.2) is 0 Å². The predicted octanol–water partition coefficient (Wildman–Crippen LogP) is 1.71. The summed E-state index contributed by atoms with van der Waals surface area (Å²) in [5.74, 6) is 0.254. The van der Waals surface area contributed by atoms with Gasteiger partial charge in [-0.3, -0.25) is 0 Å². The Morgan fingerprint density at radius 1 is 1.38 bits per heavy atom. The van der Waals surface area contributed by atoms with E-state index >= 15 is 0 Å². The summed E-state index contributed by atoms with van der Waals surface area (Å²) in [6.07, 6.45) is 2.17. The van der Waals surface area contributed by atoms with E-state index in [2.05, 4.69) is 0 Å². The Kier molecular flexibility index (Phi) is 3.74. The predicted molar refractivity (Wildman–Crippen MR) is 58.8 cm³/mol. The second kappa shape index (κ2) is 5.27. The Morgan fingerprint density at radius 3 is 2.88 bits per heavy atom. The zero-order chi connectivity index (χ0) is 11.4. The molecule has 0 bridgehead atoms. The normalized spacial score (nSPS) is 24.6. The number of hydrogen-bond acceptors (Lipinski definition) is 3. The highest BCUT2D eigenvalue weighted by Crippen LogP contribution is 2.20. The van der Waals surface area contributed by atoms with E-state index in [1.54, 1.807) is 12.1 Å². The van der Waals surface area contributed by atoms with Gasteiger partial charge in [-0.25, -0.2) is 4.39 Å². The molecule has 0 aliphatic carbocycles. The summed E-state index contributed by atoms with van der Waals surface area (Å²) in [5.41, 5.74) is 5.51. The summed E-state index contributed by atoms with van der Waals surface area (Å²) in [4.78, 5) is 0. The molecule has 4 heteroatoms. The molecular weight excluding hydrogens is 209 g/mol. The molecule has 88 valence electrons. The van der Waals surface area contributed by atoms with Crippen LogP contribution in [0.1, 0.15) is 12.8 Å². The first-order chi connectivity index (χ1) is 7.78. The van der Waals surface area contributed by atoms with Crippen molar-refractivity contribution >= 4 is 0 Å². The van der Waals surface area contributed by atoms with Crippen LogP contribution in [0.5, 0.6) is 5.75 Å². The van der Waals surface area contributed by atoms with E-state index in [-0.39, 0.29) is 18.0 Å². The van der Waals surface area contributed by atoms with Crippen LogP contribution in [0.15, 0.2) is 24.3 Å². The Morgan fingerprint density at radius 2 is 2.19 bits per heavy atom. The van der Waals surface area contributed by atoms with Gasteiger partial charge in [-0.2, -0.15) is 0 Å². The van der Waals surface area contributed by atoms with Gasteiger partial charge in [-0.1, -0.05) is 6.07 Å². The molecule has 2 rings (SSSR count). The Labute approximate surface area is 94.3 Å². The Balaban J connectivity index is 1.80. The zero-order valence-electron chi connectivity index (χ0n) is 9.06. The van der Waals surface area contributed by atoms with E-state index in [9.17, 15) is 4.39 Å². The monoisotopic (exact) mass is 225 g/mol. The molecule has 1 saturated heterocycles. The molecule has 0 amide bonds. The molecule has 0 spiro atoms. The second-order valence-electron chi connectivity index (χ2n) is 3.96. The van der Waals surface area contributed by atoms with Gasteiger partial charge >= 0.3 is 0 Å². The van der Waals surface area contributed by atoms with Gasteiger partial charge in [0.05, 0.1) is 12.2 Å². The number of rotatable bonds is 4. The van der Waals surface area contributed by atoms with Crippen molar-refractivity contribution in [3.8, 4) is 5.75 Å². The van der Waals surface area contributed by atoms with Crippen molar-refractivity contribution in [1.29, 1.82) is 0 Å². The smallest absolute Gasteiger partial charge is 0.126 e. The van der Waals surface area contributed by atoms with Crippen LogP contribution in [0.2, 0.25) is 0 Å². The third-order valence-corrected chi connectivity index (χ3v) is 2.69. The molecule has 2 N–H and O–H groups in total. The summed E-state index contributed by atoms with van der Waals surface area (Å²) in [7, 11) is 0. The van der Waals surface area contributed by atoms with Crippen LogP contribution in [-0.4, -0.2) is 25.4 Å². The standard InChI is InChI=1S/C12H16FNO2/c13-9-2-1-3-10(6-9)15-8-12-5-4-11(7-14)16-12/h1-3,6,11-12H,4-5,7-8,14H2. The molecule has 1 aromatic carbocycles. The molecule has 2 unspecified atom stereocenters. The third-order valence-electron chi connectivity index (χ3n) is 2.69. The molecule has 3 nitrogen and oxygen atoms in total. The molecule has 2 atom stereocenters. The van der Waals surface area contributed by atoms with E-state index in [1.165, 1.54) is 12.1 Å². The molecule has 1 aliphatic rings. The molecule has 1 aromatic rings. The van der Waals surface area contributed by atoms with Crippen LogP contribution in [0.25, 0.3) is 0 Å². The van der Waals surface area contributed by atoms with Crippen molar-refractivity contribution in [2.75, 3.05) is 13.2 Å². The molecule has 0 aromatic heterocycles. The zero-order valence-corrected chi connectivity index (χ0v) is 9.06. The van der Waals surface area contributed by atoms with E-state index < -0.39 is 0 Å². The van der Waals surface area contributed by atoms with Crippen molar-refractivity contribution in [3.63, 3.8) is 0 Å². The molecule has 1 heterocycles. The minimum Gasteiger partial charge on any atom is -0.491 e. The largest absolute Gasteiger partial charge is 0.491 e. The van der Waals surface area contributed by atoms with Crippen LogP contribution < -0.4 is 10.5 Å². The highest BCUT2D eigenvalue weighted by Gasteiger charge is 2.24. The summed E-state index contributed by atoms with van der Waals surface area (Å²) in [6, 6.07) is 6.13. The van der Waals surface area contributed by atoms with Gasteiger partial charge < -0.3 is 15.2 Å². The van der Waals surface area contributed by atoms with Gasteiger partial charge in [0.25, 0.3) is 0 Å². The molecule has 16 heavy (non-hydrogen) atoms. The Hall–Kier alpha value is -1.13. The fourth-order valence-corrected chi connectivity index (χ4v) is 1.82. The average molecular weight is 225 g/mol. The molecule has 1 aliphatic heterocycles. The minimum atomic E-state index is -0.287.